The number of fused-ring (bicyclic) bond motifs is 1. The van der Waals surface area contributed by atoms with Crippen LogP contribution in [0.1, 0.15) is 64.5 Å². The van der Waals surface area contributed by atoms with Crippen LogP contribution >= 0.6 is 0 Å². The normalized spacial score (nSPS) is 19.9. The lowest BCUT2D eigenvalue weighted by Crippen LogP contribution is -2.54. The molecule has 9 heteroatoms. The first-order valence-corrected chi connectivity index (χ1v) is 14.7. The van der Waals surface area contributed by atoms with E-state index >= 15 is 0 Å². The second-order valence-electron chi connectivity index (χ2n) is 12.1. The third-order valence-corrected chi connectivity index (χ3v) is 8.68. The van der Waals surface area contributed by atoms with Gasteiger partial charge in [0.2, 0.25) is 5.91 Å². The molecular formula is C34H46N2O7. The minimum atomic E-state index is -1.15. The smallest absolute Gasteiger partial charge is 0.407 e. The summed E-state index contributed by atoms with van der Waals surface area (Å²) in [6, 6.07) is 7.53. The van der Waals surface area contributed by atoms with Crippen molar-refractivity contribution in [3.8, 4) is 5.75 Å². The van der Waals surface area contributed by atoms with E-state index in [1.54, 1.807) is 13.2 Å². The fourth-order valence-electron chi connectivity index (χ4n) is 5.66. The van der Waals surface area contributed by atoms with Crippen molar-refractivity contribution in [2.24, 2.45) is 11.3 Å². The number of hydrogen-bond acceptors (Lipinski definition) is 6. The number of carboxylic acids is 1. The van der Waals surface area contributed by atoms with Crippen molar-refractivity contribution in [2.45, 2.75) is 71.1 Å². The van der Waals surface area contributed by atoms with Crippen LogP contribution in [0.15, 0.2) is 49.6 Å². The van der Waals surface area contributed by atoms with Gasteiger partial charge in [0.25, 0.3) is 0 Å². The van der Waals surface area contributed by atoms with Crippen LogP contribution in [0, 0.1) is 11.3 Å². The van der Waals surface area contributed by atoms with Gasteiger partial charge in [-0.1, -0.05) is 65.0 Å². The Balaban J connectivity index is 1.89. The van der Waals surface area contributed by atoms with Gasteiger partial charge in [-0.2, -0.15) is 0 Å². The average molecular weight is 595 g/mol. The molecule has 1 saturated heterocycles. The van der Waals surface area contributed by atoms with Crippen LogP contribution in [0.5, 0.6) is 5.75 Å². The number of rotatable bonds is 14. The van der Waals surface area contributed by atoms with E-state index in [1.165, 1.54) is 12.0 Å². The van der Waals surface area contributed by atoms with Crippen molar-refractivity contribution in [1.82, 2.24) is 10.2 Å². The van der Waals surface area contributed by atoms with E-state index in [1.807, 2.05) is 50.3 Å². The first-order valence-electron chi connectivity index (χ1n) is 14.7. The van der Waals surface area contributed by atoms with Crippen LogP contribution < -0.4 is 10.1 Å². The molecule has 4 unspecified atom stereocenters. The molecule has 0 aliphatic carbocycles. The first kappa shape index (κ1) is 33.6. The highest BCUT2D eigenvalue weighted by Crippen LogP contribution is 2.41. The van der Waals surface area contributed by atoms with Crippen LogP contribution in [0.25, 0.3) is 16.8 Å². The Morgan fingerprint density at radius 2 is 1.91 bits per heavy atom. The van der Waals surface area contributed by atoms with Gasteiger partial charge in [0, 0.05) is 19.1 Å². The zero-order valence-electron chi connectivity index (χ0n) is 26.3. The maximum atomic E-state index is 14.0. The zero-order valence-corrected chi connectivity index (χ0v) is 26.3. The topological polar surface area (TPSA) is 114 Å². The molecule has 0 aromatic heterocycles. The number of benzene rings is 2. The molecule has 3 rings (SSSR count). The number of nitrogens with zero attached hydrogens (tertiary/aromatic N) is 1. The number of hydrogen-bond donors (Lipinski definition) is 2. The number of aliphatic carboxylic acids is 1. The number of alkyl carbamates (subject to hydrolysis) is 1. The molecule has 1 heterocycles. The van der Waals surface area contributed by atoms with Gasteiger partial charge >= 0.3 is 12.1 Å². The minimum absolute atomic E-state index is 0.00861. The average Bonchev–Trinajstić information content (AvgIpc) is 3.39. The quantitative estimate of drug-likeness (QED) is 0.252. The zero-order chi connectivity index (χ0) is 31.9. The lowest BCUT2D eigenvalue weighted by molar-refractivity contribution is -0.149. The van der Waals surface area contributed by atoms with Gasteiger partial charge in [0.15, 0.2) is 0 Å². The van der Waals surface area contributed by atoms with Crippen LogP contribution in [0.2, 0.25) is 0 Å². The maximum Gasteiger partial charge on any atom is 0.407 e. The summed E-state index contributed by atoms with van der Waals surface area (Å²) in [5.41, 5.74) is 0.421. The number of methoxy groups -OCH3 is 2. The molecule has 1 aliphatic heterocycles. The molecule has 1 fully saturated rings. The molecule has 234 valence electrons. The second-order valence-corrected chi connectivity index (χ2v) is 12.1. The van der Waals surface area contributed by atoms with Crippen molar-refractivity contribution in [1.29, 1.82) is 0 Å². The summed E-state index contributed by atoms with van der Waals surface area (Å²) >= 11 is 0. The van der Waals surface area contributed by atoms with Crippen LogP contribution in [0.4, 0.5) is 4.79 Å². The molecule has 2 N–H and O–H groups in total. The van der Waals surface area contributed by atoms with E-state index < -0.39 is 35.7 Å². The van der Waals surface area contributed by atoms with Crippen molar-refractivity contribution >= 4 is 34.8 Å². The number of carbonyl (C=O) groups is 3. The van der Waals surface area contributed by atoms with E-state index in [9.17, 15) is 19.5 Å². The summed E-state index contributed by atoms with van der Waals surface area (Å²) < 4.78 is 16.9. The van der Waals surface area contributed by atoms with E-state index in [-0.39, 0.29) is 30.9 Å². The van der Waals surface area contributed by atoms with Crippen molar-refractivity contribution in [3.63, 3.8) is 0 Å². The lowest BCUT2D eigenvalue weighted by Gasteiger charge is -2.32. The summed E-state index contributed by atoms with van der Waals surface area (Å²) in [5, 5.41) is 14.8. The maximum absolute atomic E-state index is 14.0. The van der Waals surface area contributed by atoms with Gasteiger partial charge in [-0.15, -0.1) is 6.58 Å². The minimum Gasteiger partial charge on any atom is -0.496 e. The number of likely N-dealkylation sites (tertiary alicyclic amines) is 1. The standard InChI is InChI=1S/C34H46N2O7/c1-9-14-33(5,6)15-16-43-32(40)35-29(22(4)10-2)30(37)36-21-34(42-8,20-27(36)31(38)39)26-13-12-24-19-28(41-7)23(11-3)17-25(24)18-26/h9,11-13,17-19,22,27,29H,1,3,10,14-16,20-21H2,2,4-8H3,(H,35,40)(H,38,39). The molecule has 0 bridgehead atoms. The Morgan fingerprint density at radius 1 is 1.19 bits per heavy atom. The summed E-state index contributed by atoms with van der Waals surface area (Å²) in [6.45, 7) is 15.7. The SMILES string of the molecule is C=CCC(C)(C)CCOC(=O)NC(C(=O)N1CC(OC)(c2ccc3cc(OC)c(C=C)cc3c2)CC1C(=O)O)C(C)CC. The van der Waals surface area contributed by atoms with Crippen LogP contribution in [-0.2, 0) is 24.7 Å². The lowest BCUT2D eigenvalue weighted by atomic mass is 9.86. The molecule has 1 aliphatic rings. The molecule has 0 spiro atoms. The number of allylic oxidation sites excluding steroid dienone is 1. The van der Waals surface area contributed by atoms with Crippen LogP contribution in [0.3, 0.4) is 0 Å². The third kappa shape index (κ3) is 7.57. The molecular weight excluding hydrogens is 548 g/mol. The van der Waals surface area contributed by atoms with Gasteiger partial charge in [-0.3, -0.25) is 4.79 Å². The fourth-order valence-corrected chi connectivity index (χ4v) is 5.66. The van der Waals surface area contributed by atoms with Gasteiger partial charge in [-0.25, -0.2) is 9.59 Å². The Labute approximate surface area is 254 Å². The number of carboxylic acid groups (broad SMARTS) is 1. The van der Waals surface area contributed by atoms with Crippen molar-refractivity contribution < 1.29 is 33.7 Å². The van der Waals surface area contributed by atoms with Gasteiger partial charge in [-0.05, 0) is 58.7 Å². The summed E-state index contributed by atoms with van der Waals surface area (Å²) in [5.74, 6) is -1.19. The predicted molar refractivity (Wildman–Crippen MR) is 168 cm³/mol. The van der Waals surface area contributed by atoms with Gasteiger partial charge in [0.1, 0.15) is 23.4 Å². The summed E-state index contributed by atoms with van der Waals surface area (Å²) in [7, 11) is 3.13. The number of amides is 2. The number of carbonyl (C=O) groups excluding carboxylic acids is 2. The highest BCUT2D eigenvalue weighted by Gasteiger charge is 2.52. The molecule has 2 amide bonds. The molecule has 9 nitrogen and oxygen atoms in total. The first-order chi connectivity index (χ1) is 20.3. The van der Waals surface area contributed by atoms with E-state index in [0.29, 0.717) is 18.6 Å². The van der Waals surface area contributed by atoms with Crippen molar-refractivity contribution in [2.75, 3.05) is 27.4 Å². The summed E-state index contributed by atoms with van der Waals surface area (Å²) in [6.07, 6.45) is 4.88. The van der Waals surface area contributed by atoms with E-state index in [4.69, 9.17) is 14.2 Å². The Hall–Kier alpha value is -3.85. The third-order valence-electron chi connectivity index (χ3n) is 8.68. The molecule has 43 heavy (non-hydrogen) atoms. The monoisotopic (exact) mass is 594 g/mol. The fraction of sp³-hybridized carbons (Fsp3) is 0.500. The van der Waals surface area contributed by atoms with Gasteiger partial charge < -0.3 is 29.5 Å². The van der Waals surface area contributed by atoms with Gasteiger partial charge in [0.05, 0.1) is 20.3 Å². The number of ether oxygens (including phenoxy) is 3. The molecule has 0 radical (unpaired) electrons. The van der Waals surface area contributed by atoms with E-state index in [0.717, 1.165) is 28.3 Å². The second kappa shape index (κ2) is 14.1. The Bertz CT molecular complexity index is 1350. The molecule has 2 aromatic rings. The highest BCUT2D eigenvalue weighted by atomic mass is 16.5. The predicted octanol–water partition coefficient (Wildman–Crippen LogP) is 6.15. The largest absolute Gasteiger partial charge is 0.496 e. The van der Waals surface area contributed by atoms with E-state index in [2.05, 4.69) is 32.3 Å². The van der Waals surface area contributed by atoms with Crippen molar-refractivity contribution in [3.05, 3.63) is 60.7 Å². The van der Waals surface area contributed by atoms with Crippen LogP contribution in [-0.4, -0.2) is 67.4 Å². The Kier molecular flexibility index (Phi) is 11.0. The summed E-state index contributed by atoms with van der Waals surface area (Å²) in [4.78, 5) is 40.6. The highest BCUT2D eigenvalue weighted by molar-refractivity contribution is 5.91. The molecule has 4 atom stereocenters. The molecule has 2 aromatic carbocycles. The molecule has 0 saturated carbocycles. The number of nitrogens with one attached hydrogen (secondary N) is 1. The Morgan fingerprint density at radius 3 is 2.49 bits per heavy atom.